The summed E-state index contributed by atoms with van der Waals surface area (Å²) < 4.78 is 26.7. The highest BCUT2D eigenvalue weighted by atomic mass is 32.2. The molecule has 7 heteroatoms. The molecule has 0 saturated carbocycles. The molecule has 3 N–H and O–H groups in total. The number of rotatable bonds is 7. The summed E-state index contributed by atoms with van der Waals surface area (Å²) in [5.74, 6) is 0. The van der Waals surface area contributed by atoms with Crippen LogP contribution in [0.15, 0.2) is 34.0 Å². The van der Waals surface area contributed by atoms with Crippen LogP contribution < -0.4 is 10.0 Å². The summed E-state index contributed by atoms with van der Waals surface area (Å²) in [6.07, 6.45) is 2.56. The maximum atomic E-state index is 12.1. The molecule has 5 nitrogen and oxygen atoms in total. The van der Waals surface area contributed by atoms with Gasteiger partial charge in [0.1, 0.15) is 4.90 Å². The second kappa shape index (κ2) is 6.23. The number of thiophene rings is 1. The van der Waals surface area contributed by atoms with Gasteiger partial charge < -0.3 is 10.3 Å². The van der Waals surface area contributed by atoms with Crippen molar-refractivity contribution in [2.24, 2.45) is 0 Å². The molecule has 0 fully saturated rings. The van der Waals surface area contributed by atoms with Gasteiger partial charge in [0, 0.05) is 23.8 Å². The van der Waals surface area contributed by atoms with Crippen LogP contribution in [0, 0.1) is 0 Å². The monoisotopic (exact) mass is 299 g/mol. The van der Waals surface area contributed by atoms with E-state index >= 15 is 0 Å². The first-order chi connectivity index (χ1) is 9.12. The Morgan fingerprint density at radius 2 is 2.26 bits per heavy atom. The number of anilines is 1. The van der Waals surface area contributed by atoms with E-state index in [0.29, 0.717) is 12.2 Å². The number of H-pyrrole nitrogens is 1. The van der Waals surface area contributed by atoms with E-state index in [-0.39, 0.29) is 4.90 Å². The Balaban J connectivity index is 2.04. The molecule has 0 bridgehead atoms. The van der Waals surface area contributed by atoms with Gasteiger partial charge in [-0.15, -0.1) is 0 Å². The van der Waals surface area contributed by atoms with Crippen LogP contribution in [-0.2, 0) is 16.6 Å². The first kappa shape index (κ1) is 14.1. The summed E-state index contributed by atoms with van der Waals surface area (Å²) in [4.78, 5) is 3.23. The Morgan fingerprint density at radius 1 is 1.42 bits per heavy atom. The van der Waals surface area contributed by atoms with E-state index in [9.17, 15) is 8.42 Å². The average molecular weight is 299 g/mol. The van der Waals surface area contributed by atoms with Gasteiger partial charge in [-0.1, -0.05) is 6.92 Å². The summed E-state index contributed by atoms with van der Waals surface area (Å²) in [6, 6.07) is 3.38. The lowest BCUT2D eigenvalue weighted by molar-refractivity contribution is 0.601. The van der Waals surface area contributed by atoms with Crippen molar-refractivity contribution < 1.29 is 8.42 Å². The van der Waals surface area contributed by atoms with Crippen molar-refractivity contribution in [2.45, 2.75) is 24.8 Å². The summed E-state index contributed by atoms with van der Waals surface area (Å²) in [5, 5.41) is 6.80. The topological polar surface area (TPSA) is 74.0 Å². The molecule has 0 aliphatic rings. The molecule has 0 radical (unpaired) electrons. The van der Waals surface area contributed by atoms with Gasteiger partial charge in [0.05, 0.1) is 5.69 Å². The van der Waals surface area contributed by atoms with Crippen molar-refractivity contribution in [2.75, 3.05) is 11.3 Å². The Morgan fingerprint density at radius 3 is 2.95 bits per heavy atom. The van der Waals surface area contributed by atoms with Crippen molar-refractivity contribution in [1.82, 2.24) is 10.3 Å². The van der Waals surface area contributed by atoms with E-state index in [1.165, 1.54) is 17.5 Å². The van der Waals surface area contributed by atoms with Crippen molar-refractivity contribution >= 4 is 27.0 Å². The minimum Gasteiger partial charge on any atom is -0.363 e. The van der Waals surface area contributed by atoms with Crippen molar-refractivity contribution in [3.63, 3.8) is 0 Å². The maximum Gasteiger partial charge on any atom is 0.263 e. The second-order valence-electron chi connectivity index (χ2n) is 4.15. The number of hydrogen-bond acceptors (Lipinski definition) is 4. The highest BCUT2D eigenvalue weighted by Gasteiger charge is 2.16. The molecule has 2 rings (SSSR count). The van der Waals surface area contributed by atoms with Gasteiger partial charge in [-0.3, -0.25) is 4.72 Å². The fourth-order valence-electron chi connectivity index (χ4n) is 1.61. The zero-order valence-corrected chi connectivity index (χ0v) is 12.3. The summed E-state index contributed by atoms with van der Waals surface area (Å²) in [6.45, 7) is 3.64. The van der Waals surface area contributed by atoms with Crippen LogP contribution >= 0.6 is 11.3 Å². The van der Waals surface area contributed by atoms with Crippen LogP contribution in [0.25, 0.3) is 0 Å². The van der Waals surface area contributed by atoms with E-state index in [4.69, 9.17) is 0 Å². The maximum absolute atomic E-state index is 12.1. The molecule has 0 amide bonds. The third-order valence-electron chi connectivity index (χ3n) is 2.54. The largest absolute Gasteiger partial charge is 0.363 e. The SMILES string of the molecule is CCCNCc1cc(S(=O)(=O)Nc2ccsc2)c[nH]1. The van der Waals surface area contributed by atoms with Crippen molar-refractivity contribution in [1.29, 1.82) is 0 Å². The van der Waals surface area contributed by atoms with Gasteiger partial charge >= 0.3 is 0 Å². The molecule has 0 aliphatic carbocycles. The minimum absolute atomic E-state index is 0.256. The van der Waals surface area contributed by atoms with Gasteiger partial charge in [-0.25, -0.2) is 8.42 Å². The number of aromatic amines is 1. The fraction of sp³-hybridized carbons (Fsp3) is 0.333. The quantitative estimate of drug-likeness (QED) is 0.687. The summed E-state index contributed by atoms with van der Waals surface area (Å²) in [5.41, 5.74) is 1.45. The number of aromatic nitrogens is 1. The molecule has 2 aromatic heterocycles. The van der Waals surface area contributed by atoms with Gasteiger partial charge in [0.2, 0.25) is 0 Å². The average Bonchev–Trinajstić information content (AvgIpc) is 3.00. The molecule has 0 spiro atoms. The van der Waals surface area contributed by atoms with Crippen LogP contribution in [0.4, 0.5) is 5.69 Å². The van der Waals surface area contributed by atoms with E-state index in [1.54, 1.807) is 17.5 Å². The van der Waals surface area contributed by atoms with Crippen LogP contribution in [0.5, 0.6) is 0 Å². The van der Waals surface area contributed by atoms with Crippen LogP contribution in [-0.4, -0.2) is 19.9 Å². The van der Waals surface area contributed by atoms with E-state index in [1.807, 2.05) is 5.38 Å². The first-order valence-corrected chi connectivity index (χ1v) is 8.47. The minimum atomic E-state index is -3.50. The Kier molecular flexibility index (Phi) is 4.62. The Labute approximate surface area is 117 Å². The highest BCUT2D eigenvalue weighted by molar-refractivity contribution is 7.92. The molecule has 0 aliphatic heterocycles. The Hall–Kier alpha value is -1.31. The molecular weight excluding hydrogens is 282 g/mol. The van der Waals surface area contributed by atoms with E-state index in [0.717, 1.165) is 18.7 Å². The molecule has 0 unspecified atom stereocenters. The normalized spacial score (nSPS) is 11.6. The molecule has 2 heterocycles. The van der Waals surface area contributed by atoms with Crippen LogP contribution in [0.2, 0.25) is 0 Å². The van der Waals surface area contributed by atoms with Gasteiger partial charge in [0.15, 0.2) is 0 Å². The summed E-state index contributed by atoms with van der Waals surface area (Å²) >= 11 is 1.45. The van der Waals surface area contributed by atoms with E-state index in [2.05, 4.69) is 21.9 Å². The standard InChI is InChI=1S/C12H17N3O2S2/c1-2-4-13-7-11-6-12(8-14-11)19(16,17)15-10-3-5-18-9-10/h3,5-6,8-9,13-15H,2,4,7H2,1H3. The lowest BCUT2D eigenvalue weighted by atomic mass is 10.4. The Bertz CT molecular complexity index is 603. The van der Waals surface area contributed by atoms with Crippen molar-refractivity contribution in [3.05, 3.63) is 34.8 Å². The van der Waals surface area contributed by atoms with Gasteiger partial charge in [0.25, 0.3) is 10.0 Å². The number of hydrogen-bond donors (Lipinski definition) is 3. The number of sulfonamides is 1. The third kappa shape index (κ3) is 3.82. The molecular formula is C12H17N3O2S2. The van der Waals surface area contributed by atoms with Gasteiger partial charge in [-0.2, -0.15) is 11.3 Å². The zero-order valence-electron chi connectivity index (χ0n) is 10.6. The second-order valence-corrected chi connectivity index (χ2v) is 6.62. The first-order valence-electron chi connectivity index (χ1n) is 6.05. The number of nitrogens with one attached hydrogen (secondary N) is 3. The van der Waals surface area contributed by atoms with Crippen molar-refractivity contribution in [3.8, 4) is 0 Å². The van der Waals surface area contributed by atoms with Crippen LogP contribution in [0.1, 0.15) is 19.0 Å². The lowest BCUT2D eigenvalue weighted by Gasteiger charge is -2.03. The molecule has 104 valence electrons. The smallest absolute Gasteiger partial charge is 0.263 e. The van der Waals surface area contributed by atoms with Gasteiger partial charge in [-0.05, 0) is 30.5 Å². The lowest BCUT2D eigenvalue weighted by Crippen LogP contribution is -2.14. The van der Waals surface area contributed by atoms with Crippen LogP contribution in [0.3, 0.4) is 0 Å². The molecule has 2 aromatic rings. The molecule has 0 aromatic carbocycles. The fourth-order valence-corrected chi connectivity index (χ4v) is 3.34. The summed E-state index contributed by atoms with van der Waals surface area (Å²) in [7, 11) is -3.50. The molecule has 19 heavy (non-hydrogen) atoms. The third-order valence-corrected chi connectivity index (χ3v) is 4.59. The van der Waals surface area contributed by atoms with E-state index < -0.39 is 10.0 Å². The highest BCUT2D eigenvalue weighted by Crippen LogP contribution is 2.18. The molecule has 0 saturated heterocycles. The predicted octanol–water partition coefficient (Wildman–Crippen LogP) is 2.38. The molecule has 0 atom stereocenters. The predicted molar refractivity (Wildman–Crippen MR) is 77.9 cm³/mol. The zero-order chi connectivity index (χ0) is 13.7.